The number of ether oxygens (including phenoxy) is 1. The van der Waals surface area contributed by atoms with Crippen LogP contribution in [-0.2, 0) is 10.0 Å². The van der Waals surface area contributed by atoms with Gasteiger partial charge in [0, 0.05) is 24.1 Å². The first-order valence-corrected chi connectivity index (χ1v) is 9.21. The molecule has 2 aromatic rings. The van der Waals surface area contributed by atoms with E-state index in [1.165, 1.54) is 24.3 Å². The Morgan fingerprint density at radius 3 is 2.44 bits per heavy atom. The van der Waals surface area contributed by atoms with Gasteiger partial charge < -0.3 is 4.74 Å². The van der Waals surface area contributed by atoms with E-state index in [0.717, 1.165) is 5.56 Å². The van der Waals surface area contributed by atoms with Crippen molar-refractivity contribution in [2.24, 2.45) is 0 Å². The summed E-state index contributed by atoms with van der Waals surface area (Å²) < 4.78 is 34.0. The molecule has 25 heavy (non-hydrogen) atoms. The zero-order chi connectivity index (χ0) is 18.2. The maximum absolute atomic E-state index is 12.7. The van der Waals surface area contributed by atoms with Gasteiger partial charge in [-0.1, -0.05) is 18.2 Å². The highest BCUT2D eigenvalue weighted by atomic mass is 32.2. The molecule has 0 bridgehead atoms. The first kappa shape index (κ1) is 17.4. The molecule has 1 heterocycles. The van der Waals surface area contributed by atoms with Crippen molar-refractivity contribution in [2.45, 2.75) is 36.8 Å². The highest BCUT2D eigenvalue weighted by Crippen LogP contribution is 2.39. The zero-order valence-electron chi connectivity index (χ0n) is 13.8. The summed E-state index contributed by atoms with van der Waals surface area (Å²) >= 11 is 0. The third-order valence-corrected chi connectivity index (χ3v) is 5.52. The first-order chi connectivity index (χ1) is 11.7. The molecule has 0 spiro atoms. The second kappa shape index (κ2) is 6.12. The lowest BCUT2D eigenvalue weighted by molar-refractivity contribution is -0.384. The van der Waals surface area contributed by atoms with Crippen molar-refractivity contribution in [3.05, 3.63) is 64.2 Å². The van der Waals surface area contributed by atoms with Gasteiger partial charge in [0.15, 0.2) is 0 Å². The standard InChI is InChI=1S/C17H18N2O5S/c1-17(2)11-15(14-5-3-4-6-16(14)24-17)18-25(22,23)13-9-7-12(8-10-13)19(20)21/h3-10,15,18H,11H2,1-2H3/t15-/m0/s1. The molecule has 0 saturated carbocycles. The summed E-state index contributed by atoms with van der Waals surface area (Å²) in [5, 5.41) is 10.7. The lowest BCUT2D eigenvalue weighted by Gasteiger charge is -2.37. The van der Waals surface area contributed by atoms with Crippen molar-refractivity contribution in [3.63, 3.8) is 0 Å². The molecule has 3 rings (SSSR count). The number of hydrogen-bond donors (Lipinski definition) is 1. The lowest BCUT2D eigenvalue weighted by Crippen LogP contribution is -2.41. The molecule has 0 radical (unpaired) electrons. The van der Waals surface area contributed by atoms with E-state index in [9.17, 15) is 18.5 Å². The average molecular weight is 362 g/mol. The minimum absolute atomic E-state index is 0.0140. The number of para-hydroxylation sites is 1. The fraction of sp³-hybridized carbons (Fsp3) is 0.294. The van der Waals surface area contributed by atoms with Crippen LogP contribution in [0.4, 0.5) is 5.69 Å². The monoisotopic (exact) mass is 362 g/mol. The van der Waals surface area contributed by atoms with E-state index in [1.807, 2.05) is 38.1 Å². The van der Waals surface area contributed by atoms with Crippen LogP contribution in [0.1, 0.15) is 31.9 Å². The number of hydrogen-bond acceptors (Lipinski definition) is 5. The van der Waals surface area contributed by atoms with Crippen molar-refractivity contribution in [3.8, 4) is 5.75 Å². The summed E-state index contributed by atoms with van der Waals surface area (Å²) in [6, 6.07) is 11.7. The molecule has 1 aliphatic heterocycles. The van der Waals surface area contributed by atoms with E-state index in [-0.39, 0.29) is 10.6 Å². The Morgan fingerprint density at radius 1 is 1.16 bits per heavy atom. The van der Waals surface area contributed by atoms with E-state index in [1.54, 1.807) is 0 Å². The molecule has 2 aromatic carbocycles. The minimum atomic E-state index is -3.82. The SMILES string of the molecule is CC1(C)C[C@H](NS(=O)(=O)c2ccc([N+](=O)[O-])cc2)c2ccccc2O1. The molecule has 8 heteroatoms. The molecular formula is C17H18N2O5S. The van der Waals surface area contributed by atoms with Crippen LogP contribution in [0.2, 0.25) is 0 Å². The number of non-ortho nitro benzene ring substituents is 1. The van der Waals surface area contributed by atoms with Crippen molar-refractivity contribution < 1.29 is 18.1 Å². The predicted octanol–water partition coefficient (Wildman–Crippen LogP) is 3.18. The molecule has 7 nitrogen and oxygen atoms in total. The van der Waals surface area contributed by atoms with Crippen LogP contribution in [0.25, 0.3) is 0 Å². The molecule has 0 aromatic heterocycles. The number of nitro benzene ring substituents is 1. The quantitative estimate of drug-likeness (QED) is 0.665. The van der Waals surface area contributed by atoms with Crippen molar-refractivity contribution in [1.82, 2.24) is 4.72 Å². The number of nitrogens with one attached hydrogen (secondary N) is 1. The summed E-state index contributed by atoms with van der Waals surface area (Å²) in [7, 11) is -3.82. The number of fused-ring (bicyclic) bond motifs is 1. The Labute approximate surface area is 145 Å². The van der Waals surface area contributed by atoms with Crippen LogP contribution in [0.3, 0.4) is 0 Å². The topological polar surface area (TPSA) is 98.5 Å². The van der Waals surface area contributed by atoms with Gasteiger partial charge in [0.25, 0.3) is 5.69 Å². The largest absolute Gasteiger partial charge is 0.487 e. The second-order valence-corrected chi connectivity index (χ2v) is 8.24. The number of sulfonamides is 1. The molecule has 1 aliphatic rings. The molecule has 0 fully saturated rings. The average Bonchev–Trinajstić information content (AvgIpc) is 2.53. The highest BCUT2D eigenvalue weighted by Gasteiger charge is 2.35. The van der Waals surface area contributed by atoms with E-state index >= 15 is 0 Å². The molecule has 132 valence electrons. The first-order valence-electron chi connectivity index (χ1n) is 7.73. The smallest absolute Gasteiger partial charge is 0.269 e. The summed E-state index contributed by atoms with van der Waals surface area (Å²) in [6.45, 7) is 3.80. The Bertz CT molecular complexity index is 907. The summed E-state index contributed by atoms with van der Waals surface area (Å²) in [5.41, 5.74) is 0.0978. The van der Waals surface area contributed by atoms with Crippen LogP contribution in [0, 0.1) is 10.1 Å². The van der Waals surface area contributed by atoms with Gasteiger partial charge in [-0.3, -0.25) is 10.1 Å². The van der Waals surface area contributed by atoms with Crippen molar-refractivity contribution in [1.29, 1.82) is 0 Å². The van der Waals surface area contributed by atoms with Gasteiger partial charge in [0.05, 0.1) is 15.9 Å². The number of nitrogens with zero attached hydrogens (tertiary/aromatic N) is 1. The van der Waals surface area contributed by atoms with Gasteiger partial charge >= 0.3 is 0 Å². The predicted molar refractivity (Wildman–Crippen MR) is 91.9 cm³/mol. The van der Waals surface area contributed by atoms with Gasteiger partial charge in [-0.25, -0.2) is 13.1 Å². The fourth-order valence-corrected chi connectivity index (χ4v) is 4.13. The Kier molecular flexibility index (Phi) is 4.26. The lowest BCUT2D eigenvalue weighted by atomic mass is 9.90. The van der Waals surface area contributed by atoms with Gasteiger partial charge in [-0.2, -0.15) is 0 Å². The van der Waals surface area contributed by atoms with Gasteiger partial charge in [-0.15, -0.1) is 0 Å². The number of benzene rings is 2. The zero-order valence-corrected chi connectivity index (χ0v) is 14.6. The maximum Gasteiger partial charge on any atom is 0.269 e. The maximum atomic E-state index is 12.7. The third-order valence-electron chi connectivity index (χ3n) is 4.03. The van der Waals surface area contributed by atoms with Gasteiger partial charge in [0.1, 0.15) is 11.4 Å². The van der Waals surface area contributed by atoms with Crippen LogP contribution in [0.15, 0.2) is 53.4 Å². The van der Waals surface area contributed by atoms with Crippen molar-refractivity contribution >= 4 is 15.7 Å². The molecular weight excluding hydrogens is 344 g/mol. The Balaban J connectivity index is 1.91. The fourth-order valence-electron chi connectivity index (χ4n) is 2.91. The molecule has 1 N–H and O–H groups in total. The second-order valence-electron chi connectivity index (χ2n) is 6.53. The Morgan fingerprint density at radius 2 is 1.80 bits per heavy atom. The normalized spacial score (nSPS) is 18.9. The van der Waals surface area contributed by atoms with E-state index < -0.39 is 26.6 Å². The van der Waals surface area contributed by atoms with Crippen LogP contribution >= 0.6 is 0 Å². The van der Waals surface area contributed by atoms with Crippen LogP contribution in [0.5, 0.6) is 5.75 Å². The molecule has 1 atom stereocenters. The minimum Gasteiger partial charge on any atom is -0.487 e. The van der Waals surface area contributed by atoms with Crippen molar-refractivity contribution in [2.75, 3.05) is 0 Å². The van der Waals surface area contributed by atoms with Crippen LogP contribution in [-0.4, -0.2) is 18.9 Å². The molecule has 0 saturated heterocycles. The van der Waals surface area contributed by atoms with Gasteiger partial charge in [0.2, 0.25) is 10.0 Å². The summed E-state index contributed by atoms with van der Waals surface area (Å²) in [6.07, 6.45) is 0.468. The number of rotatable bonds is 4. The third kappa shape index (κ3) is 3.64. The molecule has 0 unspecified atom stereocenters. The molecule has 0 aliphatic carbocycles. The summed E-state index contributed by atoms with van der Waals surface area (Å²) in [5.74, 6) is 0.648. The van der Waals surface area contributed by atoms with Crippen LogP contribution < -0.4 is 9.46 Å². The number of nitro groups is 1. The summed E-state index contributed by atoms with van der Waals surface area (Å²) in [4.78, 5) is 10.1. The van der Waals surface area contributed by atoms with E-state index in [2.05, 4.69) is 4.72 Å². The Hall–Kier alpha value is -2.45. The highest BCUT2D eigenvalue weighted by molar-refractivity contribution is 7.89. The van der Waals surface area contributed by atoms with E-state index in [0.29, 0.717) is 12.2 Å². The molecule has 0 amide bonds. The van der Waals surface area contributed by atoms with Gasteiger partial charge in [-0.05, 0) is 32.0 Å². The van der Waals surface area contributed by atoms with E-state index in [4.69, 9.17) is 4.74 Å².